The van der Waals surface area contributed by atoms with Gasteiger partial charge in [0.05, 0.1) is 18.1 Å². The van der Waals surface area contributed by atoms with Crippen LogP contribution in [0.4, 0.5) is 10.5 Å². The molecule has 1 saturated heterocycles. The second kappa shape index (κ2) is 11.4. The summed E-state index contributed by atoms with van der Waals surface area (Å²) in [5, 5.41) is 2.17. The second-order valence-corrected chi connectivity index (χ2v) is 8.41. The third-order valence-corrected chi connectivity index (χ3v) is 5.34. The quantitative estimate of drug-likeness (QED) is 0.424. The van der Waals surface area contributed by atoms with Gasteiger partial charge in [0.25, 0.3) is 17.1 Å². The topological polar surface area (TPSA) is 111 Å². The molecule has 0 unspecified atom stereocenters. The number of rotatable bonds is 9. The van der Waals surface area contributed by atoms with E-state index in [1.165, 1.54) is 13.2 Å². The molecular weight excluding hydrogens is 460 g/mol. The van der Waals surface area contributed by atoms with Gasteiger partial charge in [-0.1, -0.05) is 24.3 Å². The van der Waals surface area contributed by atoms with Gasteiger partial charge in [-0.05, 0) is 61.5 Å². The molecule has 9 nitrogen and oxygen atoms in total. The SMILES string of the molecule is COc1cc(/C=C2\SC(=O)N(CC(=O)OC(C)C)C2=O)ccc1OCC(=O)Nc1ccccc1. The van der Waals surface area contributed by atoms with Crippen LogP contribution in [-0.2, 0) is 19.1 Å². The predicted molar refractivity (Wildman–Crippen MR) is 127 cm³/mol. The number of hydrogen-bond acceptors (Lipinski definition) is 8. The number of carbonyl (C=O) groups is 4. The minimum Gasteiger partial charge on any atom is -0.493 e. The third-order valence-electron chi connectivity index (χ3n) is 4.43. The van der Waals surface area contributed by atoms with Crippen LogP contribution < -0.4 is 14.8 Å². The number of esters is 1. The molecule has 0 saturated carbocycles. The minimum absolute atomic E-state index is 0.167. The molecule has 0 bridgehead atoms. The van der Waals surface area contributed by atoms with Gasteiger partial charge in [-0.3, -0.25) is 24.1 Å². The lowest BCUT2D eigenvalue weighted by Crippen LogP contribution is -2.35. The fourth-order valence-corrected chi connectivity index (χ4v) is 3.81. The normalized spacial score (nSPS) is 14.5. The Labute approximate surface area is 201 Å². The summed E-state index contributed by atoms with van der Waals surface area (Å²) in [5.74, 6) is -0.874. The van der Waals surface area contributed by atoms with Gasteiger partial charge in [0, 0.05) is 5.69 Å². The Bertz CT molecular complexity index is 1120. The molecule has 0 aromatic heterocycles. The van der Waals surface area contributed by atoms with Crippen LogP contribution in [0.3, 0.4) is 0 Å². The summed E-state index contributed by atoms with van der Waals surface area (Å²) < 4.78 is 15.9. The molecule has 0 spiro atoms. The van der Waals surface area contributed by atoms with Gasteiger partial charge in [-0.15, -0.1) is 0 Å². The predicted octanol–water partition coefficient (Wildman–Crippen LogP) is 3.70. The van der Waals surface area contributed by atoms with E-state index in [-0.39, 0.29) is 23.5 Å². The smallest absolute Gasteiger partial charge is 0.326 e. The molecule has 0 radical (unpaired) electrons. The number of imide groups is 1. The van der Waals surface area contributed by atoms with Crippen molar-refractivity contribution in [1.29, 1.82) is 0 Å². The zero-order valence-electron chi connectivity index (χ0n) is 18.9. The van der Waals surface area contributed by atoms with Gasteiger partial charge >= 0.3 is 5.97 Å². The highest BCUT2D eigenvalue weighted by molar-refractivity contribution is 8.18. The van der Waals surface area contributed by atoms with Crippen molar-refractivity contribution in [3.05, 3.63) is 59.0 Å². The number of hydrogen-bond donors (Lipinski definition) is 1. The molecule has 3 amide bonds. The molecule has 1 fully saturated rings. The van der Waals surface area contributed by atoms with Crippen molar-refractivity contribution in [2.45, 2.75) is 20.0 Å². The van der Waals surface area contributed by atoms with Crippen LogP contribution in [0, 0.1) is 0 Å². The van der Waals surface area contributed by atoms with Crippen LogP contribution >= 0.6 is 11.8 Å². The van der Waals surface area contributed by atoms with E-state index in [1.807, 2.05) is 18.2 Å². The van der Waals surface area contributed by atoms with Gasteiger partial charge in [0.2, 0.25) is 0 Å². The third kappa shape index (κ3) is 6.61. The van der Waals surface area contributed by atoms with Crippen molar-refractivity contribution in [2.24, 2.45) is 0 Å². The van der Waals surface area contributed by atoms with Crippen LogP contribution in [-0.4, -0.2) is 54.3 Å². The summed E-state index contributed by atoms with van der Waals surface area (Å²) in [5.41, 5.74) is 1.23. The van der Waals surface area contributed by atoms with E-state index in [0.717, 1.165) is 16.7 Å². The lowest BCUT2D eigenvalue weighted by Gasteiger charge is -2.13. The molecule has 2 aromatic carbocycles. The zero-order chi connectivity index (χ0) is 24.7. The van der Waals surface area contributed by atoms with Gasteiger partial charge < -0.3 is 19.5 Å². The van der Waals surface area contributed by atoms with Gasteiger partial charge in [0.1, 0.15) is 6.54 Å². The van der Waals surface area contributed by atoms with Gasteiger partial charge in [-0.2, -0.15) is 0 Å². The number of anilines is 1. The first kappa shape index (κ1) is 24.8. The van der Waals surface area contributed by atoms with E-state index in [0.29, 0.717) is 22.7 Å². The Morgan fingerprint density at radius 2 is 1.82 bits per heavy atom. The number of para-hydroxylation sites is 1. The highest BCUT2D eigenvalue weighted by atomic mass is 32.2. The van der Waals surface area contributed by atoms with Crippen molar-refractivity contribution in [1.82, 2.24) is 4.90 Å². The van der Waals surface area contributed by atoms with Crippen molar-refractivity contribution < 1.29 is 33.4 Å². The highest BCUT2D eigenvalue weighted by Gasteiger charge is 2.36. The monoisotopic (exact) mass is 484 g/mol. The lowest BCUT2D eigenvalue weighted by molar-refractivity contribution is -0.149. The molecule has 2 aromatic rings. The van der Waals surface area contributed by atoms with Gasteiger partial charge in [-0.25, -0.2) is 0 Å². The lowest BCUT2D eigenvalue weighted by atomic mass is 10.2. The van der Waals surface area contributed by atoms with Crippen LogP contribution in [0.15, 0.2) is 53.4 Å². The molecule has 1 aliphatic heterocycles. The van der Waals surface area contributed by atoms with E-state index < -0.39 is 23.7 Å². The summed E-state index contributed by atoms with van der Waals surface area (Å²) in [6.07, 6.45) is 1.17. The van der Waals surface area contributed by atoms with E-state index in [4.69, 9.17) is 14.2 Å². The first-order valence-corrected chi connectivity index (χ1v) is 11.2. The summed E-state index contributed by atoms with van der Waals surface area (Å²) in [7, 11) is 1.45. The number of ether oxygens (including phenoxy) is 3. The second-order valence-electron chi connectivity index (χ2n) is 7.42. The summed E-state index contributed by atoms with van der Waals surface area (Å²) >= 11 is 0.736. The van der Waals surface area contributed by atoms with Crippen LogP contribution in [0.5, 0.6) is 11.5 Å². The Morgan fingerprint density at radius 3 is 2.50 bits per heavy atom. The zero-order valence-corrected chi connectivity index (χ0v) is 19.7. The molecular formula is C24H24N2O7S. The Kier molecular flexibility index (Phi) is 8.31. The first-order chi connectivity index (χ1) is 16.3. The maximum Gasteiger partial charge on any atom is 0.326 e. The van der Waals surface area contributed by atoms with Crippen molar-refractivity contribution >= 4 is 46.5 Å². The number of thioether (sulfide) groups is 1. The Morgan fingerprint density at radius 1 is 1.09 bits per heavy atom. The number of methoxy groups -OCH3 is 1. The molecule has 34 heavy (non-hydrogen) atoms. The Balaban J connectivity index is 1.65. The maximum absolute atomic E-state index is 12.6. The number of amides is 3. The average molecular weight is 485 g/mol. The van der Waals surface area contributed by atoms with Gasteiger partial charge in [0.15, 0.2) is 18.1 Å². The molecule has 1 heterocycles. The molecule has 1 N–H and O–H groups in total. The van der Waals surface area contributed by atoms with E-state index >= 15 is 0 Å². The van der Waals surface area contributed by atoms with Crippen molar-refractivity contribution in [3.8, 4) is 11.5 Å². The standard InChI is InChI=1S/C24H24N2O7S/c1-15(2)33-22(28)13-26-23(29)20(34-24(26)30)12-16-9-10-18(19(11-16)31-3)32-14-21(27)25-17-7-5-4-6-8-17/h4-12,15H,13-14H2,1-3H3,(H,25,27)/b20-12-. The highest BCUT2D eigenvalue weighted by Crippen LogP contribution is 2.34. The minimum atomic E-state index is -0.655. The first-order valence-electron chi connectivity index (χ1n) is 10.4. The van der Waals surface area contributed by atoms with E-state index in [2.05, 4.69) is 5.32 Å². The number of nitrogens with zero attached hydrogens (tertiary/aromatic N) is 1. The fourth-order valence-electron chi connectivity index (χ4n) is 2.97. The van der Waals surface area contributed by atoms with Crippen molar-refractivity contribution in [3.63, 3.8) is 0 Å². The van der Waals surface area contributed by atoms with Crippen LogP contribution in [0.25, 0.3) is 6.08 Å². The molecule has 3 rings (SSSR count). The molecule has 0 aliphatic carbocycles. The average Bonchev–Trinajstić information content (AvgIpc) is 3.05. The molecule has 0 atom stereocenters. The summed E-state index contributed by atoms with van der Waals surface area (Å²) in [6, 6.07) is 13.9. The summed E-state index contributed by atoms with van der Waals surface area (Å²) in [4.78, 5) is 49.8. The van der Waals surface area contributed by atoms with E-state index in [9.17, 15) is 19.2 Å². The number of nitrogens with one attached hydrogen (secondary N) is 1. The maximum atomic E-state index is 12.6. The van der Waals surface area contributed by atoms with Crippen molar-refractivity contribution in [2.75, 3.05) is 25.6 Å². The van der Waals surface area contributed by atoms with E-state index in [1.54, 1.807) is 44.2 Å². The Hall–Kier alpha value is -3.79. The number of carbonyl (C=O) groups excluding carboxylic acids is 4. The fraction of sp³-hybridized carbons (Fsp3) is 0.250. The molecule has 1 aliphatic rings. The summed E-state index contributed by atoms with van der Waals surface area (Å²) in [6.45, 7) is 2.70. The largest absolute Gasteiger partial charge is 0.493 e. The number of benzene rings is 2. The van der Waals surface area contributed by atoms with Crippen LogP contribution in [0.1, 0.15) is 19.4 Å². The van der Waals surface area contributed by atoms with Crippen LogP contribution in [0.2, 0.25) is 0 Å². The molecule has 178 valence electrons. The molecule has 10 heteroatoms.